The van der Waals surface area contributed by atoms with Crippen LogP contribution in [0.25, 0.3) is 10.9 Å². The smallest absolute Gasteiger partial charge is 0.225 e. The number of benzene rings is 1. The molecule has 5 heteroatoms. The number of halogens is 1. The Hall–Kier alpha value is -1.65. The molecule has 0 spiro atoms. The van der Waals surface area contributed by atoms with Crippen molar-refractivity contribution in [3.05, 3.63) is 40.5 Å². The molecule has 4 rings (SSSR count). The van der Waals surface area contributed by atoms with E-state index in [-0.39, 0.29) is 5.92 Å². The Kier molecular flexibility index (Phi) is 5.65. The van der Waals surface area contributed by atoms with Gasteiger partial charge in [0, 0.05) is 30.9 Å². The van der Waals surface area contributed by atoms with Crippen LogP contribution in [0, 0.1) is 12.8 Å². The molecule has 2 aliphatic rings. The van der Waals surface area contributed by atoms with Gasteiger partial charge in [0.1, 0.15) is 0 Å². The molecule has 0 N–H and O–H groups in total. The highest BCUT2D eigenvalue weighted by Crippen LogP contribution is 2.29. The minimum atomic E-state index is 0.195. The fraction of sp³-hybridized carbons (Fsp3) is 0.545. The fourth-order valence-corrected chi connectivity index (χ4v) is 4.65. The molecular formula is C22H28ClN3O. The predicted octanol–water partition coefficient (Wildman–Crippen LogP) is 4.42. The molecule has 1 amide bonds. The van der Waals surface area contributed by atoms with E-state index in [2.05, 4.69) is 22.8 Å². The first-order valence-corrected chi connectivity index (χ1v) is 10.6. The minimum Gasteiger partial charge on any atom is -0.342 e. The van der Waals surface area contributed by atoms with Crippen LogP contribution in [0.4, 0.5) is 0 Å². The quantitative estimate of drug-likeness (QED) is 0.784. The van der Waals surface area contributed by atoms with Crippen LogP contribution >= 0.6 is 11.6 Å². The molecule has 0 unspecified atom stereocenters. The highest BCUT2D eigenvalue weighted by molar-refractivity contribution is 6.32. The largest absolute Gasteiger partial charge is 0.342 e. The van der Waals surface area contributed by atoms with Gasteiger partial charge < -0.3 is 4.90 Å². The maximum atomic E-state index is 12.7. The molecule has 0 atom stereocenters. The number of piperidine rings is 2. The molecule has 0 radical (unpaired) electrons. The topological polar surface area (TPSA) is 36.4 Å². The van der Waals surface area contributed by atoms with Crippen molar-refractivity contribution in [3.8, 4) is 0 Å². The van der Waals surface area contributed by atoms with Crippen molar-refractivity contribution in [2.45, 2.75) is 45.6 Å². The van der Waals surface area contributed by atoms with Crippen molar-refractivity contribution in [3.63, 3.8) is 0 Å². The standard InChI is InChI=1S/C22H28ClN3O/c1-16-18-7-3-4-8-19(18)24-20(21(16)23)15-25-13-9-17(10-14-25)22(27)26-11-5-2-6-12-26/h3-4,7-8,17H,2,5-6,9-15H2,1H3. The third kappa shape index (κ3) is 3.97. The van der Waals surface area contributed by atoms with Gasteiger partial charge in [-0.1, -0.05) is 29.8 Å². The lowest BCUT2D eigenvalue weighted by atomic mass is 9.94. The second-order valence-corrected chi connectivity index (χ2v) is 8.33. The summed E-state index contributed by atoms with van der Waals surface area (Å²) < 4.78 is 0. The summed E-state index contributed by atoms with van der Waals surface area (Å²) in [5, 5.41) is 1.90. The van der Waals surface area contributed by atoms with Crippen LogP contribution in [0.15, 0.2) is 24.3 Å². The number of likely N-dealkylation sites (tertiary alicyclic amines) is 2. The van der Waals surface area contributed by atoms with Gasteiger partial charge in [-0.05, 0) is 63.7 Å². The molecule has 0 aliphatic carbocycles. The van der Waals surface area contributed by atoms with E-state index in [0.29, 0.717) is 5.91 Å². The highest BCUT2D eigenvalue weighted by atomic mass is 35.5. The molecule has 1 aromatic heterocycles. The molecular weight excluding hydrogens is 358 g/mol. The molecule has 4 nitrogen and oxygen atoms in total. The summed E-state index contributed by atoms with van der Waals surface area (Å²) in [5.74, 6) is 0.577. The summed E-state index contributed by atoms with van der Waals surface area (Å²) in [7, 11) is 0. The lowest BCUT2D eigenvalue weighted by molar-refractivity contribution is -0.138. The molecule has 0 saturated carbocycles. The molecule has 2 aromatic rings. The van der Waals surface area contributed by atoms with Crippen LogP contribution in [-0.2, 0) is 11.3 Å². The van der Waals surface area contributed by atoms with Gasteiger partial charge in [-0.3, -0.25) is 9.69 Å². The van der Waals surface area contributed by atoms with E-state index in [9.17, 15) is 4.79 Å². The third-order valence-electron chi connectivity index (χ3n) is 6.12. The van der Waals surface area contributed by atoms with Gasteiger partial charge in [0.15, 0.2) is 0 Å². The Labute approximate surface area is 166 Å². The number of pyridine rings is 1. The van der Waals surface area contributed by atoms with Gasteiger partial charge >= 0.3 is 0 Å². The number of carbonyl (C=O) groups excluding carboxylic acids is 1. The third-order valence-corrected chi connectivity index (χ3v) is 6.63. The summed E-state index contributed by atoms with van der Waals surface area (Å²) in [6, 6.07) is 8.16. The van der Waals surface area contributed by atoms with E-state index in [1.807, 2.05) is 18.2 Å². The van der Waals surface area contributed by atoms with Gasteiger partial charge in [-0.15, -0.1) is 0 Å². The number of rotatable bonds is 3. The number of aryl methyl sites for hydroxylation is 1. The predicted molar refractivity (Wildman–Crippen MR) is 110 cm³/mol. The fourth-order valence-electron chi connectivity index (χ4n) is 4.44. The van der Waals surface area contributed by atoms with Crippen molar-refractivity contribution in [2.24, 2.45) is 5.92 Å². The molecule has 2 fully saturated rings. The number of para-hydroxylation sites is 1. The zero-order chi connectivity index (χ0) is 18.8. The van der Waals surface area contributed by atoms with E-state index in [4.69, 9.17) is 16.6 Å². The summed E-state index contributed by atoms with van der Waals surface area (Å²) in [5.41, 5.74) is 3.06. The van der Waals surface area contributed by atoms with Crippen molar-refractivity contribution >= 4 is 28.4 Å². The van der Waals surface area contributed by atoms with E-state index in [1.165, 1.54) is 6.42 Å². The average Bonchev–Trinajstić information content (AvgIpc) is 2.72. The number of hydrogen-bond acceptors (Lipinski definition) is 3. The summed E-state index contributed by atoms with van der Waals surface area (Å²) in [4.78, 5) is 22.0. The zero-order valence-corrected chi connectivity index (χ0v) is 16.8. The van der Waals surface area contributed by atoms with Crippen LogP contribution in [-0.4, -0.2) is 46.9 Å². The first-order chi connectivity index (χ1) is 13.1. The van der Waals surface area contributed by atoms with Crippen LogP contribution in [0.2, 0.25) is 5.02 Å². The molecule has 27 heavy (non-hydrogen) atoms. The molecule has 1 aromatic carbocycles. The van der Waals surface area contributed by atoms with Crippen LogP contribution in [0.3, 0.4) is 0 Å². The second kappa shape index (κ2) is 8.15. The maximum Gasteiger partial charge on any atom is 0.225 e. The van der Waals surface area contributed by atoms with Crippen molar-refractivity contribution in [2.75, 3.05) is 26.2 Å². The summed E-state index contributed by atoms with van der Waals surface area (Å²) in [6.07, 6.45) is 5.48. The van der Waals surface area contributed by atoms with Crippen LogP contribution < -0.4 is 0 Å². The molecule has 3 heterocycles. The number of fused-ring (bicyclic) bond motifs is 1. The van der Waals surface area contributed by atoms with Crippen LogP contribution in [0.5, 0.6) is 0 Å². The van der Waals surface area contributed by atoms with Gasteiger partial charge in [0.25, 0.3) is 0 Å². The normalized spacial score (nSPS) is 19.6. The Bertz CT molecular complexity index is 824. The van der Waals surface area contributed by atoms with Crippen molar-refractivity contribution < 1.29 is 4.79 Å². The Morgan fingerprint density at radius 2 is 1.81 bits per heavy atom. The Balaban J connectivity index is 1.40. The second-order valence-electron chi connectivity index (χ2n) is 7.95. The minimum absolute atomic E-state index is 0.195. The lowest BCUT2D eigenvalue weighted by Crippen LogP contribution is -2.44. The van der Waals surface area contributed by atoms with Gasteiger partial charge in [-0.25, -0.2) is 4.98 Å². The zero-order valence-electron chi connectivity index (χ0n) is 16.1. The number of amides is 1. The lowest BCUT2D eigenvalue weighted by Gasteiger charge is -2.35. The van der Waals surface area contributed by atoms with E-state index >= 15 is 0 Å². The van der Waals surface area contributed by atoms with E-state index in [0.717, 1.165) is 85.6 Å². The number of aromatic nitrogens is 1. The maximum absolute atomic E-state index is 12.7. The van der Waals surface area contributed by atoms with Gasteiger partial charge in [-0.2, -0.15) is 0 Å². The van der Waals surface area contributed by atoms with Crippen molar-refractivity contribution in [1.82, 2.24) is 14.8 Å². The highest BCUT2D eigenvalue weighted by Gasteiger charge is 2.29. The average molecular weight is 386 g/mol. The van der Waals surface area contributed by atoms with Gasteiger partial charge in [0.05, 0.1) is 16.2 Å². The van der Waals surface area contributed by atoms with Gasteiger partial charge in [0.2, 0.25) is 5.91 Å². The number of nitrogens with zero attached hydrogens (tertiary/aromatic N) is 3. The number of hydrogen-bond donors (Lipinski definition) is 0. The summed E-state index contributed by atoms with van der Waals surface area (Å²) >= 11 is 6.62. The SMILES string of the molecule is Cc1c(Cl)c(CN2CCC(C(=O)N3CCCCC3)CC2)nc2ccccc12. The molecule has 144 valence electrons. The molecule has 2 aliphatic heterocycles. The monoisotopic (exact) mass is 385 g/mol. The first-order valence-electron chi connectivity index (χ1n) is 10.2. The Morgan fingerprint density at radius 1 is 1.11 bits per heavy atom. The van der Waals surface area contributed by atoms with E-state index < -0.39 is 0 Å². The Morgan fingerprint density at radius 3 is 2.56 bits per heavy atom. The van der Waals surface area contributed by atoms with Crippen LogP contribution in [0.1, 0.15) is 43.4 Å². The summed E-state index contributed by atoms with van der Waals surface area (Å²) in [6.45, 7) is 6.61. The molecule has 2 saturated heterocycles. The van der Waals surface area contributed by atoms with Crippen molar-refractivity contribution in [1.29, 1.82) is 0 Å². The van der Waals surface area contributed by atoms with E-state index in [1.54, 1.807) is 0 Å². The molecule has 0 bridgehead atoms. The first kappa shape index (κ1) is 18.7. The number of carbonyl (C=O) groups is 1.